The standard InChI is InChI=1S/C29H27Br2ClN2O3S/c1-4-36-25-14-20(13-24(31)27(25)37-17-19-5-7-21(30)8-6-19)15-26-28(35)34(16-18(2)3)29(38-26)33-23-11-9-22(32)10-12-23/h5-15,18H,4,16-17H2,1-3H3/b26-15-,33-29?. The van der Waals surface area contributed by atoms with Crippen molar-refractivity contribution in [2.45, 2.75) is 27.4 Å². The molecule has 0 bridgehead atoms. The molecule has 5 nitrogen and oxygen atoms in total. The molecule has 3 aromatic carbocycles. The lowest BCUT2D eigenvalue weighted by molar-refractivity contribution is -0.122. The highest BCUT2D eigenvalue weighted by molar-refractivity contribution is 9.10. The largest absolute Gasteiger partial charge is 0.490 e. The second-order valence-corrected chi connectivity index (χ2v) is 12.2. The van der Waals surface area contributed by atoms with Crippen molar-refractivity contribution in [3.8, 4) is 11.5 Å². The summed E-state index contributed by atoms with van der Waals surface area (Å²) in [6.07, 6.45) is 1.87. The van der Waals surface area contributed by atoms with E-state index in [1.807, 2.05) is 61.5 Å². The third-order valence-corrected chi connectivity index (χ3v) is 7.79. The van der Waals surface area contributed by atoms with Crippen LogP contribution in [0.15, 0.2) is 79.5 Å². The molecular formula is C29H27Br2ClN2O3S. The maximum atomic E-state index is 13.4. The first-order valence-electron chi connectivity index (χ1n) is 12.1. The lowest BCUT2D eigenvalue weighted by Gasteiger charge is -2.17. The molecule has 38 heavy (non-hydrogen) atoms. The zero-order valence-corrected chi connectivity index (χ0v) is 26.0. The smallest absolute Gasteiger partial charge is 0.266 e. The molecule has 1 heterocycles. The van der Waals surface area contributed by atoms with E-state index in [4.69, 9.17) is 26.1 Å². The molecule has 0 radical (unpaired) electrons. The SMILES string of the molecule is CCOc1cc(/C=C2\SC(=Nc3ccc(Cl)cc3)N(CC(C)C)C2=O)cc(Br)c1OCc1ccc(Br)cc1. The summed E-state index contributed by atoms with van der Waals surface area (Å²) < 4.78 is 13.8. The van der Waals surface area contributed by atoms with E-state index in [1.165, 1.54) is 11.8 Å². The number of hydrogen-bond donors (Lipinski definition) is 0. The van der Waals surface area contributed by atoms with Crippen LogP contribution in [0.5, 0.6) is 11.5 Å². The Bertz CT molecular complexity index is 1360. The summed E-state index contributed by atoms with van der Waals surface area (Å²) in [7, 11) is 0. The third-order valence-electron chi connectivity index (χ3n) is 5.41. The van der Waals surface area contributed by atoms with Crippen molar-refractivity contribution < 1.29 is 14.3 Å². The zero-order valence-electron chi connectivity index (χ0n) is 21.2. The van der Waals surface area contributed by atoms with Gasteiger partial charge >= 0.3 is 0 Å². The van der Waals surface area contributed by atoms with Crippen LogP contribution >= 0.6 is 55.2 Å². The van der Waals surface area contributed by atoms with Gasteiger partial charge in [-0.05, 0) is 106 Å². The van der Waals surface area contributed by atoms with E-state index in [2.05, 4.69) is 45.7 Å². The Balaban J connectivity index is 1.62. The maximum absolute atomic E-state index is 13.4. The van der Waals surface area contributed by atoms with Crippen LogP contribution < -0.4 is 9.47 Å². The van der Waals surface area contributed by atoms with E-state index in [0.717, 1.165) is 25.8 Å². The minimum atomic E-state index is -0.0685. The molecule has 9 heteroatoms. The van der Waals surface area contributed by atoms with Crippen LogP contribution in [0.4, 0.5) is 5.69 Å². The van der Waals surface area contributed by atoms with Crippen LogP contribution in [0.25, 0.3) is 6.08 Å². The van der Waals surface area contributed by atoms with Gasteiger partial charge in [-0.3, -0.25) is 9.69 Å². The number of thioether (sulfide) groups is 1. The van der Waals surface area contributed by atoms with Gasteiger partial charge in [0.2, 0.25) is 0 Å². The first-order valence-corrected chi connectivity index (χ1v) is 14.9. The fraction of sp³-hybridized carbons (Fsp3) is 0.241. The summed E-state index contributed by atoms with van der Waals surface area (Å²) in [6, 6.07) is 19.1. The minimum Gasteiger partial charge on any atom is -0.490 e. The van der Waals surface area contributed by atoms with Gasteiger partial charge in [-0.2, -0.15) is 0 Å². The van der Waals surface area contributed by atoms with Gasteiger partial charge in [-0.1, -0.05) is 53.5 Å². The van der Waals surface area contributed by atoms with Gasteiger partial charge in [0.25, 0.3) is 5.91 Å². The quantitative estimate of drug-likeness (QED) is 0.212. The van der Waals surface area contributed by atoms with Crippen molar-refractivity contribution in [2.75, 3.05) is 13.2 Å². The number of rotatable bonds is 9. The van der Waals surface area contributed by atoms with Crippen molar-refractivity contribution in [3.05, 3.63) is 90.7 Å². The number of hydrogen-bond acceptors (Lipinski definition) is 5. The van der Waals surface area contributed by atoms with Crippen LogP contribution in [0.1, 0.15) is 31.9 Å². The van der Waals surface area contributed by atoms with Crippen LogP contribution in [0, 0.1) is 5.92 Å². The van der Waals surface area contributed by atoms with E-state index in [9.17, 15) is 4.79 Å². The molecule has 1 saturated heterocycles. The van der Waals surface area contributed by atoms with Crippen molar-refractivity contribution in [3.63, 3.8) is 0 Å². The number of halogens is 3. The average Bonchev–Trinajstić information content (AvgIpc) is 3.14. The molecule has 1 fully saturated rings. The van der Waals surface area contributed by atoms with Crippen LogP contribution in [-0.2, 0) is 11.4 Å². The van der Waals surface area contributed by atoms with Crippen LogP contribution in [0.3, 0.4) is 0 Å². The second-order valence-electron chi connectivity index (χ2n) is 8.97. The Hall–Kier alpha value is -2.26. The zero-order chi connectivity index (χ0) is 27.2. The van der Waals surface area contributed by atoms with Gasteiger partial charge in [0, 0.05) is 16.0 Å². The molecule has 4 rings (SSSR count). The Morgan fingerprint density at radius 3 is 2.42 bits per heavy atom. The highest BCUT2D eigenvalue weighted by atomic mass is 79.9. The maximum Gasteiger partial charge on any atom is 0.266 e. The fourth-order valence-electron chi connectivity index (χ4n) is 3.71. The monoisotopic (exact) mass is 676 g/mol. The number of aliphatic imine (C=N–C) groups is 1. The van der Waals surface area contributed by atoms with Crippen LogP contribution in [0.2, 0.25) is 5.02 Å². The van der Waals surface area contributed by atoms with E-state index in [1.54, 1.807) is 17.0 Å². The average molecular weight is 679 g/mol. The van der Waals surface area contributed by atoms with Crippen LogP contribution in [-0.4, -0.2) is 29.1 Å². The molecule has 0 N–H and O–H groups in total. The molecule has 0 atom stereocenters. The molecular weight excluding hydrogens is 652 g/mol. The molecule has 0 spiro atoms. The lowest BCUT2D eigenvalue weighted by atomic mass is 10.1. The molecule has 0 aliphatic carbocycles. The Labute approximate surface area is 249 Å². The number of ether oxygens (including phenoxy) is 2. The fourth-order valence-corrected chi connectivity index (χ4v) is 5.68. The third kappa shape index (κ3) is 7.44. The molecule has 1 aliphatic rings. The van der Waals surface area contributed by atoms with Crippen molar-refractivity contribution in [2.24, 2.45) is 10.9 Å². The van der Waals surface area contributed by atoms with Gasteiger partial charge < -0.3 is 9.47 Å². The summed E-state index contributed by atoms with van der Waals surface area (Å²) in [4.78, 5) is 20.5. The first kappa shape index (κ1) is 28.7. The highest BCUT2D eigenvalue weighted by Gasteiger charge is 2.34. The predicted molar refractivity (Wildman–Crippen MR) is 164 cm³/mol. The number of nitrogens with zero attached hydrogens (tertiary/aromatic N) is 2. The van der Waals surface area contributed by atoms with Gasteiger partial charge in [0.15, 0.2) is 16.7 Å². The Morgan fingerprint density at radius 2 is 1.76 bits per heavy atom. The molecule has 0 saturated carbocycles. The number of benzene rings is 3. The number of carbonyl (C=O) groups excluding carboxylic acids is 1. The number of carbonyl (C=O) groups is 1. The van der Waals surface area contributed by atoms with Crippen molar-refractivity contribution >= 4 is 78.1 Å². The Morgan fingerprint density at radius 1 is 1.05 bits per heavy atom. The molecule has 0 unspecified atom stereocenters. The molecule has 1 aliphatic heterocycles. The first-order chi connectivity index (χ1) is 18.2. The van der Waals surface area contributed by atoms with E-state index < -0.39 is 0 Å². The number of amidine groups is 1. The van der Waals surface area contributed by atoms with E-state index >= 15 is 0 Å². The predicted octanol–water partition coefficient (Wildman–Crippen LogP) is 9.10. The summed E-state index contributed by atoms with van der Waals surface area (Å²) in [5, 5.41) is 1.29. The van der Waals surface area contributed by atoms with Gasteiger partial charge in [-0.25, -0.2) is 4.99 Å². The minimum absolute atomic E-state index is 0.0685. The summed E-state index contributed by atoms with van der Waals surface area (Å²) in [5.74, 6) is 1.44. The summed E-state index contributed by atoms with van der Waals surface area (Å²) >= 11 is 14.5. The normalized spacial score (nSPS) is 15.7. The van der Waals surface area contributed by atoms with Gasteiger partial charge in [0.05, 0.1) is 21.7 Å². The lowest BCUT2D eigenvalue weighted by Crippen LogP contribution is -2.32. The molecule has 198 valence electrons. The van der Waals surface area contributed by atoms with Crippen molar-refractivity contribution in [1.82, 2.24) is 4.90 Å². The van der Waals surface area contributed by atoms with E-state index in [-0.39, 0.29) is 11.8 Å². The molecule has 3 aromatic rings. The summed E-state index contributed by atoms with van der Waals surface area (Å²) in [5.41, 5.74) is 2.61. The second kappa shape index (κ2) is 13.2. The van der Waals surface area contributed by atoms with Gasteiger partial charge in [-0.15, -0.1) is 0 Å². The highest BCUT2D eigenvalue weighted by Crippen LogP contribution is 2.40. The van der Waals surface area contributed by atoms with Gasteiger partial charge in [0.1, 0.15) is 6.61 Å². The van der Waals surface area contributed by atoms with Crippen molar-refractivity contribution in [1.29, 1.82) is 0 Å². The number of amides is 1. The molecule has 0 aromatic heterocycles. The molecule has 1 amide bonds. The summed E-state index contributed by atoms with van der Waals surface area (Å²) in [6.45, 7) is 7.55. The Kier molecular flexibility index (Phi) is 9.98. The topological polar surface area (TPSA) is 51.1 Å². The van der Waals surface area contributed by atoms with E-state index in [0.29, 0.717) is 46.4 Å².